The van der Waals surface area contributed by atoms with Crippen molar-refractivity contribution in [3.05, 3.63) is 12.4 Å². The van der Waals surface area contributed by atoms with Gasteiger partial charge in [-0.25, -0.2) is 0 Å². The summed E-state index contributed by atoms with van der Waals surface area (Å²) in [4.78, 5) is 0. The molecule has 1 N–H and O–H groups in total. The van der Waals surface area contributed by atoms with E-state index in [1.165, 1.54) is 25.7 Å². The molecule has 0 saturated heterocycles. The van der Waals surface area contributed by atoms with Crippen LogP contribution >= 0.6 is 0 Å². The van der Waals surface area contributed by atoms with Crippen LogP contribution in [0.4, 0.5) is 5.69 Å². The van der Waals surface area contributed by atoms with Crippen molar-refractivity contribution in [1.82, 2.24) is 9.78 Å². The van der Waals surface area contributed by atoms with Crippen LogP contribution in [0.15, 0.2) is 12.4 Å². The van der Waals surface area contributed by atoms with Crippen LogP contribution in [-0.2, 0) is 7.05 Å². The van der Waals surface area contributed by atoms with Crippen LogP contribution in [0.5, 0.6) is 0 Å². The molecule has 0 bridgehead atoms. The molecule has 1 aromatic rings. The molecule has 0 aromatic carbocycles. The fraction of sp³-hybridized carbons (Fsp3) is 0.727. The summed E-state index contributed by atoms with van der Waals surface area (Å²) in [5.74, 6) is 0.857. The predicted molar refractivity (Wildman–Crippen MR) is 58.3 cm³/mol. The van der Waals surface area contributed by atoms with E-state index in [9.17, 15) is 0 Å². The number of nitrogens with zero attached hydrogens (tertiary/aromatic N) is 2. The predicted octanol–water partition coefficient (Wildman–Crippen LogP) is 2.41. The van der Waals surface area contributed by atoms with Crippen molar-refractivity contribution >= 4 is 5.69 Å². The van der Waals surface area contributed by atoms with Crippen molar-refractivity contribution in [3.63, 3.8) is 0 Å². The number of anilines is 1. The van der Waals surface area contributed by atoms with Gasteiger partial charge in [0.05, 0.1) is 11.9 Å². The minimum atomic E-state index is 0.585. The lowest BCUT2D eigenvalue weighted by Gasteiger charge is -2.20. The van der Waals surface area contributed by atoms with Crippen molar-refractivity contribution < 1.29 is 0 Å². The fourth-order valence-corrected chi connectivity index (χ4v) is 2.33. The molecule has 1 aliphatic carbocycles. The summed E-state index contributed by atoms with van der Waals surface area (Å²) in [5.41, 5.74) is 1.15. The SMILES string of the molecule is CC(Nc1cnn(C)c1)C1CCCC1. The molecule has 0 radical (unpaired) electrons. The molecule has 2 rings (SSSR count). The van der Waals surface area contributed by atoms with E-state index in [1.54, 1.807) is 0 Å². The van der Waals surface area contributed by atoms with Gasteiger partial charge in [0.25, 0.3) is 0 Å². The molecule has 1 atom stereocenters. The Morgan fingerprint density at radius 3 is 2.79 bits per heavy atom. The second-order valence-corrected chi connectivity index (χ2v) is 4.38. The number of aromatic nitrogens is 2. The number of hydrogen-bond donors (Lipinski definition) is 1. The van der Waals surface area contributed by atoms with Gasteiger partial charge in [0.1, 0.15) is 0 Å². The third-order valence-corrected chi connectivity index (χ3v) is 3.21. The topological polar surface area (TPSA) is 29.9 Å². The minimum absolute atomic E-state index is 0.585. The number of rotatable bonds is 3. The highest BCUT2D eigenvalue weighted by atomic mass is 15.3. The third-order valence-electron chi connectivity index (χ3n) is 3.21. The molecule has 3 heteroatoms. The van der Waals surface area contributed by atoms with Gasteiger partial charge >= 0.3 is 0 Å². The monoisotopic (exact) mass is 193 g/mol. The Bertz CT molecular complexity index is 286. The Labute approximate surface area is 85.5 Å². The minimum Gasteiger partial charge on any atom is -0.380 e. The van der Waals surface area contributed by atoms with E-state index in [0.29, 0.717) is 6.04 Å². The van der Waals surface area contributed by atoms with Crippen molar-refractivity contribution in [2.75, 3.05) is 5.32 Å². The Morgan fingerprint density at radius 1 is 1.50 bits per heavy atom. The average molecular weight is 193 g/mol. The molecule has 14 heavy (non-hydrogen) atoms. The van der Waals surface area contributed by atoms with Crippen LogP contribution in [0.1, 0.15) is 32.6 Å². The number of aryl methyl sites for hydroxylation is 1. The van der Waals surface area contributed by atoms with Crippen LogP contribution in [0, 0.1) is 5.92 Å². The molecule has 1 fully saturated rings. The van der Waals surface area contributed by atoms with Gasteiger partial charge < -0.3 is 5.32 Å². The second-order valence-electron chi connectivity index (χ2n) is 4.38. The van der Waals surface area contributed by atoms with Crippen LogP contribution in [0.3, 0.4) is 0 Å². The van der Waals surface area contributed by atoms with E-state index in [2.05, 4.69) is 17.3 Å². The van der Waals surface area contributed by atoms with E-state index in [1.807, 2.05) is 24.1 Å². The van der Waals surface area contributed by atoms with Crippen molar-refractivity contribution in [2.45, 2.75) is 38.6 Å². The molecule has 1 aromatic heterocycles. The lowest BCUT2D eigenvalue weighted by atomic mass is 10.00. The first kappa shape index (κ1) is 9.56. The lowest BCUT2D eigenvalue weighted by Crippen LogP contribution is -2.23. The van der Waals surface area contributed by atoms with Crippen molar-refractivity contribution in [2.24, 2.45) is 13.0 Å². The van der Waals surface area contributed by atoms with Crippen LogP contribution in [0.25, 0.3) is 0 Å². The van der Waals surface area contributed by atoms with Crippen LogP contribution < -0.4 is 5.32 Å². The quantitative estimate of drug-likeness (QED) is 0.799. The normalized spacial score (nSPS) is 19.9. The van der Waals surface area contributed by atoms with E-state index < -0.39 is 0 Å². The zero-order chi connectivity index (χ0) is 9.97. The lowest BCUT2D eigenvalue weighted by molar-refractivity contribution is 0.482. The van der Waals surface area contributed by atoms with Crippen LogP contribution in [0.2, 0.25) is 0 Å². The Morgan fingerprint density at radius 2 is 2.21 bits per heavy atom. The largest absolute Gasteiger partial charge is 0.380 e. The molecule has 3 nitrogen and oxygen atoms in total. The van der Waals surface area contributed by atoms with Gasteiger partial charge in [-0.3, -0.25) is 4.68 Å². The summed E-state index contributed by atoms with van der Waals surface area (Å²) in [7, 11) is 1.95. The van der Waals surface area contributed by atoms with Gasteiger partial charge in [0, 0.05) is 19.3 Å². The molecular weight excluding hydrogens is 174 g/mol. The fourth-order valence-electron chi connectivity index (χ4n) is 2.33. The molecule has 0 spiro atoms. The van der Waals surface area contributed by atoms with Gasteiger partial charge in [0.2, 0.25) is 0 Å². The summed E-state index contributed by atoms with van der Waals surface area (Å²) in [6.07, 6.45) is 9.51. The summed E-state index contributed by atoms with van der Waals surface area (Å²) in [6.45, 7) is 2.28. The molecule has 0 aliphatic heterocycles. The highest BCUT2D eigenvalue weighted by molar-refractivity contribution is 5.39. The Balaban J connectivity index is 1.90. The van der Waals surface area contributed by atoms with Gasteiger partial charge in [-0.05, 0) is 25.7 Å². The summed E-state index contributed by atoms with van der Waals surface area (Å²) in [6, 6.07) is 0.585. The first-order chi connectivity index (χ1) is 6.75. The zero-order valence-electron chi connectivity index (χ0n) is 9.03. The molecule has 1 saturated carbocycles. The van der Waals surface area contributed by atoms with Crippen LogP contribution in [-0.4, -0.2) is 15.8 Å². The van der Waals surface area contributed by atoms with Gasteiger partial charge in [-0.1, -0.05) is 12.8 Å². The molecule has 78 valence electrons. The average Bonchev–Trinajstić information content (AvgIpc) is 2.75. The van der Waals surface area contributed by atoms with E-state index >= 15 is 0 Å². The van der Waals surface area contributed by atoms with Gasteiger partial charge in [-0.15, -0.1) is 0 Å². The second kappa shape index (κ2) is 4.03. The van der Waals surface area contributed by atoms with Gasteiger partial charge in [0.15, 0.2) is 0 Å². The summed E-state index contributed by atoms with van der Waals surface area (Å²) >= 11 is 0. The number of nitrogens with one attached hydrogen (secondary N) is 1. The smallest absolute Gasteiger partial charge is 0.0728 e. The van der Waals surface area contributed by atoms with Gasteiger partial charge in [-0.2, -0.15) is 5.10 Å². The van der Waals surface area contributed by atoms with E-state index in [0.717, 1.165) is 11.6 Å². The summed E-state index contributed by atoms with van der Waals surface area (Å²) in [5, 5.41) is 7.67. The Hall–Kier alpha value is -0.990. The molecule has 1 heterocycles. The van der Waals surface area contributed by atoms with E-state index in [-0.39, 0.29) is 0 Å². The first-order valence-corrected chi connectivity index (χ1v) is 5.51. The summed E-state index contributed by atoms with van der Waals surface area (Å²) < 4.78 is 1.84. The molecule has 1 unspecified atom stereocenters. The maximum Gasteiger partial charge on any atom is 0.0728 e. The highest BCUT2D eigenvalue weighted by Crippen LogP contribution is 2.28. The molecule has 1 aliphatic rings. The molecular formula is C11H19N3. The third kappa shape index (κ3) is 2.08. The molecule has 0 amide bonds. The maximum atomic E-state index is 4.15. The van der Waals surface area contributed by atoms with E-state index in [4.69, 9.17) is 0 Å². The maximum absolute atomic E-state index is 4.15. The van der Waals surface area contributed by atoms with Crippen molar-refractivity contribution in [1.29, 1.82) is 0 Å². The first-order valence-electron chi connectivity index (χ1n) is 5.51. The highest BCUT2D eigenvalue weighted by Gasteiger charge is 2.21. The Kier molecular flexibility index (Phi) is 2.75. The zero-order valence-corrected chi connectivity index (χ0v) is 9.03. The standard InChI is InChI=1S/C11H19N3/c1-9(10-5-3-4-6-10)13-11-7-12-14(2)8-11/h7-10,13H,3-6H2,1-2H3. The number of hydrogen-bond acceptors (Lipinski definition) is 2. The van der Waals surface area contributed by atoms with Crippen molar-refractivity contribution in [3.8, 4) is 0 Å².